The maximum absolute atomic E-state index is 8.98. The molecule has 0 aromatic heterocycles. The van der Waals surface area contributed by atoms with Crippen LogP contribution in [0.25, 0.3) is 0 Å². The van der Waals surface area contributed by atoms with E-state index in [1.165, 1.54) is 51.4 Å². The Morgan fingerprint density at radius 2 is 1.85 bits per heavy atom. The monoisotopic (exact) mass is 280 g/mol. The Bertz CT molecular complexity index is 287. The van der Waals surface area contributed by atoms with Crippen LogP contribution in [0, 0.1) is 0 Å². The van der Waals surface area contributed by atoms with E-state index in [-0.39, 0.29) is 6.61 Å². The summed E-state index contributed by atoms with van der Waals surface area (Å²) in [6, 6.07) is 0. The van der Waals surface area contributed by atoms with Gasteiger partial charge in [0, 0.05) is 19.5 Å². The van der Waals surface area contributed by atoms with Gasteiger partial charge in [-0.2, -0.15) is 0 Å². The summed E-state index contributed by atoms with van der Waals surface area (Å²) in [6.45, 7) is 5.08. The predicted octanol–water partition coefficient (Wildman–Crippen LogP) is 3.78. The van der Waals surface area contributed by atoms with Gasteiger partial charge in [0.25, 0.3) is 0 Å². The number of nitrogens with zero attached hydrogens (tertiary/aromatic N) is 2. The number of amidine groups is 1. The highest BCUT2D eigenvalue weighted by molar-refractivity contribution is 5.85. The van der Waals surface area contributed by atoms with Crippen molar-refractivity contribution in [1.82, 2.24) is 4.90 Å². The van der Waals surface area contributed by atoms with E-state index in [1.807, 2.05) is 0 Å². The molecule has 0 saturated carbocycles. The van der Waals surface area contributed by atoms with Gasteiger partial charge in [0.15, 0.2) is 0 Å². The Morgan fingerprint density at radius 3 is 2.60 bits per heavy atom. The number of unbranched alkanes of at least 4 members (excludes halogenated alkanes) is 7. The molecular formula is C17H32N2O. The Morgan fingerprint density at radius 1 is 1.10 bits per heavy atom. The van der Waals surface area contributed by atoms with Crippen LogP contribution in [0.1, 0.15) is 64.7 Å². The first-order valence-corrected chi connectivity index (χ1v) is 8.42. The summed E-state index contributed by atoms with van der Waals surface area (Å²) in [5.41, 5.74) is 0. The number of aliphatic hydroxyl groups excluding tert-OH is 1. The van der Waals surface area contributed by atoms with Crippen LogP contribution < -0.4 is 0 Å². The van der Waals surface area contributed by atoms with Gasteiger partial charge in [-0.15, -0.1) is 0 Å². The molecule has 3 heteroatoms. The maximum Gasteiger partial charge on any atom is 0.103 e. The summed E-state index contributed by atoms with van der Waals surface area (Å²) in [5, 5.41) is 8.98. The second-order valence-corrected chi connectivity index (χ2v) is 5.59. The lowest BCUT2D eigenvalue weighted by Gasteiger charge is -2.17. The van der Waals surface area contributed by atoms with Crippen molar-refractivity contribution < 1.29 is 5.11 Å². The highest BCUT2D eigenvalue weighted by Gasteiger charge is 2.13. The van der Waals surface area contributed by atoms with E-state index >= 15 is 0 Å². The minimum atomic E-state index is 0.223. The molecule has 1 aliphatic heterocycles. The SMILES string of the molecule is CCCCCCCCCC=CCC1=NCCN1CCO. The fourth-order valence-electron chi connectivity index (χ4n) is 2.61. The minimum absolute atomic E-state index is 0.223. The highest BCUT2D eigenvalue weighted by atomic mass is 16.3. The van der Waals surface area contributed by atoms with E-state index in [0.717, 1.165) is 31.9 Å². The molecule has 1 rings (SSSR count). The molecule has 0 aromatic rings. The van der Waals surface area contributed by atoms with Gasteiger partial charge in [0.1, 0.15) is 5.84 Å². The van der Waals surface area contributed by atoms with E-state index in [9.17, 15) is 0 Å². The molecule has 0 atom stereocenters. The third-order valence-electron chi connectivity index (χ3n) is 3.84. The number of aliphatic imine (C=N–C) groups is 1. The van der Waals surface area contributed by atoms with Crippen molar-refractivity contribution in [2.24, 2.45) is 4.99 Å². The van der Waals surface area contributed by atoms with Crippen LogP contribution >= 0.6 is 0 Å². The zero-order valence-electron chi connectivity index (χ0n) is 13.2. The number of hydrogen-bond acceptors (Lipinski definition) is 3. The summed E-state index contributed by atoms with van der Waals surface area (Å²) in [7, 11) is 0. The molecule has 0 unspecified atom stereocenters. The molecule has 3 nitrogen and oxygen atoms in total. The van der Waals surface area contributed by atoms with Gasteiger partial charge in [-0.1, -0.05) is 57.6 Å². The molecule has 1 aliphatic rings. The van der Waals surface area contributed by atoms with Crippen LogP contribution in [0.15, 0.2) is 17.1 Å². The molecule has 0 aliphatic carbocycles. The summed E-state index contributed by atoms with van der Waals surface area (Å²) >= 11 is 0. The summed E-state index contributed by atoms with van der Waals surface area (Å²) in [5.74, 6) is 1.15. The molecule has 1 N–H and O–H groups in total. The van der Waals surface area contributed by atoms with Gasteiger partial charge in [-0.25, -0.2) is 0 Å². The molecule has 0 amide bonds. The quantitative estimate of drug-likeness (QED) is 0.436. The van der Waals surface area contributed by atoms with Gasteiger partial charge in [-0.3, -0.25) is 4.99 Å². The average Bonchev–Trinajstić information content (AvgIpc) is 2.89. The molecule has 0 radical (unpaired) electrons. The largest absolute Gasteiger partial charge is 0.395 e. The molecule has 0 saturated heterocycles. The number of β-amino-alcohol motifs (C(OH)–C–C–N with tert-alkyl or cyclic N) is 1. The Balaban J connectivity index is 1.97. The van der Waals surface area contributed by atoms with Gasteiger partial charge in [-0.05, 0) is 12.8 Å². The van der Waals surface area contributed by atoms with E-state index in [0.29, 0.717) is 0 Å². The minimum Gasteiger partial charge on any atom is -0.395 e. The molecule has 20 heavy (non-hydrogen) atoms. The van der Waals surface area contributed by atoms with Crippen molar-refractivity contribution in [2.45, 2.75) is 64.7 Å². The summed E-state index contributed by atoms with van der Waals surface area (Å²) < 4.78 is 0. The second-order valence-electron chi connectivity index (χ2n) is 5.59. The van der Waals surface area contributed by atoms with Gasteiger partial charge in [0.2, 0.25) is 0 Å². The fraction of sp³-hybridized carbons (Fsp3) is 0.824. The first-order valence-electron chi connectivity index (χ1n) is 8.42. The topological polar surface area (TPSA) is 35.8 Å². The Labute approximate surface area is 124 Å². The normalized spacial score (nSPS) is 15.3. The maximum atomic E-state index is 8.98. The van der Waals surface area contributed by atoms with Crippen molar-refractivity contribution in [3.8, 4) is 0 Å². The van der Waals surface area contributed by atoms with Crippen LogP contribution in [0.5, 0.6) is 0 Å². The molecule has 0 spiro atoms. The van der Waals surface area contributed by atoms with E-state index < -0.39 is 0 Å². The van der Waals surface area contributed by atoms with E-state index in [1.54, 1.807) is 0 Å². The molecule has 0 bridgehead atoms. The number of hydrogen-bond donors (Lipinski definition) is 1. The molecule has 0 fully saturated rings. The van der Waals surface area contributed by atoms with E-state index in [4.69, 9.17) is 5.11 Å². The van der Waals surface area contributed by atoms with Crippen LogP contribution in [0.4, 0.5) is 0 Å². The lowest BCUT2D eigenvalue weighted by Crippen LogP contribution is -2.30. The first-order chi connectivity index (χ1) is 9.88. The standard InChI is InChI=1S/C17H32N2O/c1-2-3-4-5-6-7-8-9-10-11-12-17-18-13-14-19(17)15-16-20/h10-11,20H,2-9,12-16H2,1H3. The summed E-state index contributed by atoms with van der Waals surface area (Å²) in [6.07, 6.45) is 16.3. The molecule has 1 heterocycles. The van der Waals surface area contributed by atoms with Crippen molar-refractivity contribution in [3.63, 3.8) is 0 Å². The lowest BCUT2D eigenvalue weighted by molar-refractivity contribution is 0.255. The summed E-state index contributed by atoms with van der Waals surface area (Å²) in [4.78, 5) is 6.68. The second kappa shape index (κ2) is 12.0. The van der Waals surface area contributed by atoms with Crippen LogP contribution in [0.2, 0.25) is 0 Å². The predicted molar refractivity (Wildman–Crippen MR) is 87.3 cm³/mol. The van der Waals surface area contributed by atoms with Crippen LogP contribution in [-0.4, -0.2) is 42.1 Å². The fourth-order valence-corrected chi connectivity index (χ4v) is 2.61. The smallest absolute Gasteiger partial charge is 0.103 e. The third-order valence-corrected chi connectivity index (χ3v) is 3.84. The molecule has 0 aromatic carbocycles. The van der Waals surface area contributed by atoms with Crippen molar-refractivity contribution >= 4 is 5.84 Å². The van der Waals surface area contributed by atoms with Crippen molar-refractivity contribution in [1.29, 1.82) is 0 Å². The van der Waals surface area contributed by atoms with E-state index in [2.05, 4.69) is 29.0 Å². The highest BCUT2D eigenvalue weighted by Crippen LogP contribution is 2.09. The van der Waals surface area contributed by atoms with Gasteiger partial charge < -0.3 is 10.0 Å². The Kier molecular flexibility index (Phi) is 10.3. The van der Waals surface area contributed by atoms with Crippen molar-refractivity contribution in [3.05, 3.63) is 12.2 Å². The zero-order valence-corrected chi connectivity index (χ0v) is 13.2. The van der Waals surface area contributed by atoms with Gasteiger partial charge in [0.05, 0.1) is 13.2 Å². The van der Waals surface area contributed by atoms with Crippen LogP contribution in [-0.2, 0) is 0 Å². The number of rotatable bonds is 12. The third kappa shape index (κ3) is 7.68. The van der Waals surface area contributed by atoms with Crippen molar-refractivity contribution in [2.75, 3.05) is 26.2 Å². The first kappa shape index (κ1) is 17.2. The Hall–Kier alpha value is -0.830. The number of aliphatic hydroxyl groups is 1. The van der Waals surface area contributed by atoms with Crippen LogP contribution in [0.3, 0.4) is 0 Å². The lowest BCUT2D eigenvalue weighted by atomic mass is 10.1. The average molecular weight is 280 g/mol. The molecular weight excluding hydrogens is 248 g/mol. The molecule has 116 valence electrons. The number of allylic oxidation sites excluding steroid dienone is 1. The van der Waals surface area contributed by atoms with Gasteiger partial charge >= 0.3 is 0 Å². The zero-order chi connectivity index (χ0) is 14.5.